The predicted octanol–water partition coefficient (Wildman–Crippen LogP) is 6.29. The minimum Gasteiger partial charge on any atom is -0.490 e. The van der Waals surface area contributed by atoms with E-state index in [-0.39, 0.29) is 11.0 Å². The first-order valence-electron chi connectivity index (χ1n) is 11.9. The molecule has 5 nitrogen and oxygen atoms in total. The molecule has 1 aliphatic rings. The molecule has 2 aromatic carbocycles. The predicted molar refractivity (Wildman–Crippen MR) is 138 cm³/mol. The Balaban J connectivity index is 1.25. The van der Waals surface area contributed by atoms with E-state index < -0.39 is 0 Å². The number of aryl methyl sites for hydroxylation is 2. The van der Waals surface area contributed by atoms with E-state index in [0.29, 0.717) is 19.0 Å². The van der Waals surface area contributed by atoms with E-state index in [9.17, 15) is 4.79 Å². The minimum atomic E-state index is -0.0448. The van der Waals surface area contributed by atoms with Crippen LogP contribution in [0, 0.1) is 0 Å². The van der Waals surface area contributed by atoms with E-state index in [0.717, 1.165) is 46.5 Å². The molecule has 2 aromatic heterocycles. The standard InChI is InChI=1S/C28H30N2O3S/c1-28(2,3)19-11-13-20(14-12-19)32-15-16-33-21-8-6-7-18(17-21)25-29-26(31)24-22-9-4-5-10-23(22)34-27(24)30-25/h6-8,11-14,17H,4-5,9-10,15-16H2,1-3H3,(H,29,30,31). The first-order chi connectivity index (χ1) is 16.4. The molecule has 4 aromatic rings. The van der Waals surface area contributed by atoms with Crippen molar-refractivity contribution < 1.29 is 9.47 Å². The third-order valence-electron chi connectivity index (χ3n) is 6.27. The molecule has 0 saturated heterocycles. The van der Waals surface area contributed by atoms with Gasteiger partial charge in [0, 0.05) is 10.4 Å². The van der Waals surface area contributed by atoms with Crippen molar-refractivity contribution in [1.29, 1.82) is 0 Å². The number of nitrogens with one attached hydrogen (secondary N) is 1. The summed E-state index contributed by atoms with van der Waals surface area (Å²) in [6.45, 7) is 7.46. The molecule has 1 aliphatic carbocycles. The molecule has 0 amide bonds. The molecule has 5 rings (SSSR count). The normalized spacial score (nSPS) is 13.6. The van der Waals surface area contributed by atoms with Crippen molar-refractivity contribution in [3.05, 3.63) is 74.9 Å². The van der Waals surface area contributed by atoms with Crippen molar-refractivity contribution in [3.63, 3.8) is 0 Å². The van der Waals surface area contributed by atoms with Crippen LogP contribution >= 0.6 is 11.3 Å². The monoisotopic (exact) mass is 474 g/mol. The molecule has 0 unspecified atom stereocenters. The summed E-state index contributed by atoms with van der Waals surface area (Å²) in [5.41, 5.74) is 3.40. The molecule has 0 aliphatic heterocycles. The zero-order valence-corrected chi connectivity index (χ0v) is 20.8. The van der Waals surface area contributed by atoms with Gasteiger partial charge in [0.25, 0.3) is 5.56 Å². The highest BCUT2D eigenvalue weighted by atomic mass is 32.1. The molecule has 176 valence electrons. The van der Waals surface area contributed by atoms with Crippen molar-refractivity contribution in [1.82, 2.24) is 9.97 Å². The average molecular weight is 475 g/mol. The van der Waals surface area contributed by atoms with E-state index in [1.54, 1.807) is 11.3 Å². The van der Waals surface area contributed by atoms with Gasteiger partial charge < -0.3 is 14.5 Å². The third kappa shape index (κ3) is 4.73. The molecule has 1 N–H and O–H groups in total. The van der Waals surface area contributed by atoms with Crippen molar-refractivity contribution in [3.8, 4) is 22.9 Å². The molecule has 0 spiro atoms. The topological polar surface area (TPSA) is 64.2 Å². The fraction of sp³-hybridized carbons (Fsp3) is 0.357. The van der Waals surface area contributed by atoms with Gasteiger partial charge in [0.15, 0.2) is 0 Å². The number of hydrogen-bond acceptors (Lipinski definition) is 5. The molecule has 0 fully saturated rings. The van der Waals surface area contributed by atoms with Crippen molar-refractivity contribution in [2.75, 3.05) is 13.2 Å². The van der Waals surface area contributed by atoms with Crippen LogP contribution in [0.5, 0.6) is 11.5 Å². The van der Waals surface area contributed by atoms with Gasteiger partial charge in [-0.25, -0.2) is 4.98 Å². The quantitative estimate of drug-likeness (QED) is 0.334. The van der Waals surface area contributed by atoms with Gasteiger partial charge in [-0.2, -0.15) is 0 Å². The average Bonchev–Trinajstić information content (AvgIpc) is 3.21. The summed E-state index contributed by atoms with van der Waals surface area (Å²) >= 11 is 1.66. The molecule has 2 heterocycles. The van der Waals surface area contributed by atoms with Crippen molar-refractivity contribution in [2.24, 2.45) is 0 Å². The Bertz CT molecular complexity index is 1360. The second-order valence-electron chi connectivity index (χ2n) is 9.80. The van der Waals surface area contributed by atoms with Gasteiger partial charge in [0.05, 0.1) is 5.39 Å². The van der Waals surface area contributed by atoms with Gasteiger partial charge in [-0.3, -0.25) is 4.79 Å². The van der Waals surface area contributed by atoms with Crippen LogP contribution in [0.4, 0.5) is 0 Å². The zero-order chi connectivity index (χ0) is 23.7. The lowest BCUT2D eigenvalue weighted by atomic mass is 9.87. The molecule has 0 bridgehead atoms. The van der Waals surface area contributed by atoms with Crippen LogP contribution in [0.15, 0.2) is 53.3 Å². The lowest BCUT2D eigenvalue weighted by Gasteiger charge is -2.19. The van der Waals surface area contributed by atoms with Gasteiger partial charge >= 0.3 is 0 Å². The van der Waals surface area contributed by atoms with Crippen LogP contribution in [0.3, 0.4) is 0 Å². The molecular formula is C28H30N2O3S. The smallest absolute Gasteiger partial charge is 0.260 e. The maximum Gasteiger partial charge on any atom is 0.260 e. The molecule has 0 saturated carbocycles. The Morgan fingerprint density at radius 3 is 2.47 bits per heavy atom. The van der Waals surface area contributed by atoms with E-state index in [4.69, 9.17) is 14.5 Å². The van der Waals surface area contributed by atoms with E-state index in [1.165, 1.54) is 22.4 Å². The van der Waals surface area contributed by atoms with Crippen molar-refractivity contribution >= 4 is 21.6 Å². The highest BCUT2D eigenvalue weighted by Gasteiger charge is 2.20. The number of aromatic amines is 1. The van der Waals surface area contributed by atoms with Crippen LogP contribution in [0.25, 0.3) is 21.6 Å². The summed E-state index contributed by atoms with van der Waals surface area (Å²) < 4.78 is 11.7. The zero-order valence-electron chi connectivity index (χ0n) is 19.9. The van der Waals surface area contributed by atoms with Gasteiger partial charge in [-0.15, -0.1) is 11.3 Å². The number of benzene rings is 2. The number of H-pyrrole nitrogens is 1. The summed E-state index contributed by atoms with van der Waals surface area (Å²) in [7, 11) is 0. The summed E-state index contributed by atoms with van der Waals surface area (Å²) in [4.78, 5) is 22.8. The number of aromatic nitrogens is 2. The Morgan fingerprint density at radius 2 is 1.71 bits per heavy atom. The number of fused-ring (bicyclic) bond motifs is 3. The van der Waals surface area contributed by atoms with Gasteiger partial charge in [-0.05, 0) is 66.5 Å². The molecule has 6 heteroatoms. The maximum atomic E-state index is 12.9. The fourth-order valence-electron chi connectivity index (χ4n) is 4.40. The second-order valence-corrected chi connectivity index (χ2v) is 10.9. The summed E-state index contributed by atoms with van der Waals surface area (Å²) in [5.74, 6) is 2.13. The molecular weight excluding hydrogens is 444 g/mol. The molecule has 0 radical (unpaired) electrons. The Labute approximate surface area is 203 Å². The Morgan fingerprint density at radius 1 is 0.971 bits per heavy atom. The number of ether oxygens (including phenoxy) is 2. The van der Waals surface area contributed by atoms with Gasteiger partial charge in [-0.1, -0.05) is 45.0 Å². The Hall–Kier alpha value is -3.12. The number of hydrogen-bond donors (Lipinski definition) is 1. The minimum absolute atomic E-state index is 0.0448. The van der Waals surface area contributed by atoms with Gasteiger partial charge in [0.1, 0.15) is 35.4 Å². The van der Waals surface area contributed by atoms with Crippen LogP contribution in [0.2, 0.25) is 0 Å². The van der Waals surface area contributed by atoms with Crippen LogP contribution < -0.4 is 15.0 Å². The molecule has 34 heavy (non-hydrogen) atoms. The van der Waals surface area contributed by atoms with E-state index in [1.807, 2.05) is 36.4 Å². The van der Waals surface area contributed by atoms with E-state index >= 15 is 0 Å². The summed E-state index contributed by atoms with van der Waals surface area (Å²) in [6.07, 6.45) is 4.37. The summed E-state index contributed by atoms with van der Waals surface area (Å²) in [5, 5.41) is 0.781. The lowest BCUT2D eigenvalue weighted by Crippen LogP contribution is -2.12. The number of nitrogens with zero attached hydrogens (tertiary/aromatic N) is 1. The highest BCUT2D eigenvalue weighted by molar-refractivity contribution is 7.18. The fourth-order valence-corrected chi connectivity index (χ4v) is 5.67. The first-order valence-corrected chi connectivity index (χ1v) is 12.7. The van der Waals surface area contributed by atoms with Crippen LogP contribution in [0.1, 0.15) is 49.6 Å². The van der Waals surface area contributed by atoms with Crippen LogP contribution in [-0.2, 0) is 18.3 Å². The highest BCUT2D eigenvalue weighted by Crippen LogP contribution is 2.34. The second kappa shape index (κ2) is 9.26. The number of rotatable bonds is 6. The SMILES string of the molecule is CC(C)(C)c1ccc(OCCOc2cccc(-c3nc4sc5c(c4c(=O)[nH]3)CCCC5)c2)cc1. The van der Waals surface area contributed by atoms with Gasteiger partial charge in [0.2, 0.25) is 0 Å². The van der Waals surface area contributed by atoms with Crippen LogP contribution in [-0.4, -0.2) is 23.2 Å². The summed E-state index contributed by atoms with van der Waals surface area (Å²) in [6, 6.07) is 15.9. The molecule has 0 atom stereocenters. The third-order valence-corrected chi connectivity index (χ3v) is 7.46. The number of thiophene rings is 1. The Kier molecular flexibility index (Phi) is 6.17. The van der Waals surface area contributed by atoms with Crippen molar-refractivity contribution in [2.45, 2.75) is 51.9 Å². The largest absolute Gasteiger partial charge is 0.490 e. The maximum absolute atomic E-state index is 12.9. The van der Waals surface area contributed by atoms with E-state index in [2.05, 4.69) is 37.9 Å². The lowest BCUT2D eigenvalue weighted by molar-refractivity contribution is 0.217. The first kappa shape index (κ1) is 22.7.